The molecule has 0 bridgehead atoms. The highest BCUT2D eigenvalue weighted by atomic mass is 79.9. The van der Waals surface area contributed by atoms with Crippen LogP contribution in [0.2, 0.25) is 5.02 Å². The van der Waals surface area contributed by atoms with Crippen LogP contribution in [0.15, 0.2) is 74.5 Å². The van der Waals surface area contributed by atoms with Crippen LogP contribution in [0.5, 0.6) is 11.5 Å². The summed E-state index contributed by atoms with van der Waals surface area (Å²) in [5.74, 6) is 0.100. The molecular formula is C25H17Br2ClN2O4S2. The fourth-order valence-electron chi connectivity index (χ4n) is 3.26. The van der Waals surface area contributed by atoms with Crippen molar-refractivity contribution < 1.29 is 19.1 Å². The van der Waals surface area contributed by atoms with Gasteiger partial charge in [0.05, 0.1) is 16.5 Å². The van der Waals surface area contributed by atoms with Gasteiger partial charge in [0.25, 0.3) is 11.8 Å². The lowest BCUT2D eigenvalue weighted by molar-refractivity contribution is -0.123. The second-order valence-corrected chi connectivity index (χ2v) is 11.3. The number of benzene rings is 3. The monoisotopic (exact) mass is 666 g/mol. The van der Waals surface area contributed by atoms with Gasteiger partial charge < -0.3 is 9.47 Å². The summed E-state index contributed by atoms with van der Waals surface area (Å²) in [4.78, 5) is 25.9. The molecule has 3 aromatic carbocycles. The van der Waals surface area contributed by atoms with Crippen LogP contribution in [0, 0.1) is 0 Å². The van der Waals surface area contributed by atoms with Gasteiger partial charge in [-0.1, -0.05) is 57.5 Å². The molecule has 1 heterocycles. The first kappa shape index (κ1) is 26.7. The average Bonchev–Trinajstić information content (AvgIpc) is 3.10. The van der Waals surface area contributed by atoms with Crippen LogP contribution in [-0.2, 0) is 11.4 Å². The number of ether oxygens (including phenoxy) is 2. The van der Waals surface area contributed by atoms with E-state index in [2.05, 4.69) is 37.3 Å². The fraction of sp³-hybridized carbons (Fsp3) is 0.0800. The molecule has 11 heteroatoms. The Hall–Kier alpha value is -2.37. The Labute approximate surface area is 239 Å². The number of nitrogens with zero attached hydrogens (tertiary/aromatic N) is 1. The molecule has 0 aromatic heterocycles. The Bertz CT molecular complexity index is 1400. The number of hydrazine groups is 1. The van der Waals surface area contributed by atoms with Crippen LogP contribution in [0.3, 0.4) is 0 Å². The molecule has 36 heavy (non-hydrogen) atoms. The van der Waals surface area contributed by atoms with Crippen molar-refractivity contribution in [3.63, 3.8) is 0 Å². The maximum atomic E-state index is 13.0. The van der Waals surface area contributed by atoms with Gasteiger partial charge >= 0.3 is 0 Å². The van der Waals surface area contributed by atoms with E-state index in [1.807, 2.05) is 30.3 Å². The Morgan fingerprint density at radius 2 is 1.94 bits per heavy atom. The van der Waals surface area contributed by atoms with Gasteiger partial charge in [0.15, 0.2) is 15.8 Å². The number of hydrogen-bond acceptors (Lipinski definition) is 6. The summed E-state index contributed by atoms with van der Waals surface area (Å²) >= 11 is 19.4. The minimum atomic E-state index is -0.494. The van der Waals surface area contributed by atoms with Crippen molar-refractivity contribution in [2.75, 3.05) is 7.11 Å². The van der Waals surface area contributed by atoms with Crippen LogP contribution in [0.25, 0.3) is 6.08 Å². The van der Waals surface area contributed by atoms with Gasteiger partial charge in [-0.15, -0.1) is 0 Å². The van der Waals surface area contributed by atoms with Gasteiger partial charge in [0, 0.05) is 15.1 Å². The largest absolute Gasteiger partial charge is 0.493 e. The van der Waals surface area contributed by atoms with Crippen molar-refractivity contribution in [3.8, 4) is 11.5 Å². The molecule has 1 aliphatic rings. The Kier molecular flexibility index (Phi) is 8.74. The molecule has 2 amide bonds. The Morgan fingerprint density at radius 3 is 2.67 bits per heavy atom. The molecule has 1 aliphatic heterocycles. The zero-order chi connectivity index (χ0) is 25.8. The molecule has 6 nitrogen and oxygen atoms in total. The van der Waals surface area contributed by atoms with Crippen LogP contribution in [-0.4, -0.2) is 28.3 Å². The first-order chi connectivity index (χ1) is 17.2. The fourth-order valence-corrected chi connectivity index (χ4v) is 5.65. The Morgan fingerprint density at radius 1 is 1.17 bits per heavy atom. The maximum Gasteiger partial charge on any atom is 0.285 e. The van der Waals surface area contributed by atoms with Crippen molar-refractivity contribution in [1.29, 1.82) is 0 Å². The smallest absolute Gasteiger partial charge is 0.285 e. The molecule has 0 saturated carbocycles. The summed E-state index contributed by atoms with van der Waals surface area (Å²) in [7, 11) is 1.54. The zero-order valence-electron chi connectivity index (χ0n) is 18.6. The third-order valence-electron chi connectivity index (χ3n) is 4.92. The number of rotatable bonds is 7. The summed E-state index contributed by atoms with van der Waals surface area (Å²) in [6.45, 7) is 0.346. The molecule has 0 radical (unpaired) electrons. The first-order valence-corrected chi connectivity index (χ1v) is 13.5. The molecule has 184 valence electrons. The second-order valence-electron chi connectivity index (χ2n) is 7.42. The number of methoxy groups -OCH3 is 1. The van der Waals surface area contributed by atoms with Crippen molar-refractivity contribution >= 4 is 89.7 Å². The quantitative estimate of drug-likeness (QED) is 0.216. The van der Waals surface area contributed by atoms with E-state index in [0.717, 1.165) is 26.8 Å². The van der Waals surface area contributed by atoms with Gasteiger partial charge in [-0.3, -0.25) is 15.0 Å². The number of carbonyl (C=O) groups is 2. The van der Waals surface area contributed by atoms with Crippen LogP contribution in [0.4, 0.5) is 0 Å². The molecule has 1 N–H and O–H groups in total. The highest BCUT2D eigenvalue weighted by Gasteiger charge is 2.34. The van der Waals surface area contributed by atoms with E-state index in [9.17, 15) is 9.59 Å². The van der Waals surface area contributed by atoms with E-state index in [1.54, 1.807) is 37.5 Å². The van der Waals surface area contributed by atoms with Gasteiger partial charge in [0.1, 0.15) is 6.61 Å². The van der Waals surface area contributed by atoms with Gasteiger partial charge in [-0.2, -0.15) is 5.01 Å². The SMILES string of the molecule is COc1cc(/C=C2/SC(=S)N(NC(=O)c3cccc(Cl)c3)C2=O)cc(Br)c1OCc1cccc(Br)c1. The predicted molar refractivity (Wildman–Crippen MR) is 153 cm³/mol. The van der Waals surface area contributed by atoms with E-state index in [0.29, 0.717) is 43.6 Å². The van der Waals surface area contributed by atoms with E-state index >= 15 is 0 Å². The van der Waals surface area contributed by atoms with Gasteiger partial charge in [0.2, 0.25) is 0 Å². The third kappa shape index (κ3) is 6.30. The van der Waals surface area contributed by atoms with E-state index in [4.69, 9.17) is 33.3 Å². The molecule has 3 aromatic rings. The van der Waals surface area contributed by atoms with Crippen molar-refractivity contribution in [2.45, 2.75) is 6.61 Å². The summed E-state index contributed by atoms with van der Waals surface area (Å²) < 4.78 is 13.4. The lowest BCUT2D eigenvalue weighted by Crippen LogP contribution is -2.44. The van der Waals surface area contributed by atoms with E-state index in [-0.39, 0.29) is 4.32 Å². The summed E-state index contributed by atoms with van der Waals surface area (Å²) in [5.41, 5.74) is 4.54. The standard InChI is InChI=1S/C25H17Br2ClN2O4S2/c1-33-20-10-15(9-19(27)22(20)34-13-14-4-2-6-17(26)8-14)11-21-24(32)30(25(35)36-21)29-23(31)16-5-3-7-18(28)12-16/h2-12H,13H2,1H3,(H,29,31)/b21-11+. The highest BCUT2D eigenvalue weighted by molar-refractivity contribution is 9.10. The van der Waals surface area contributed by atoms with E-state index in [1.165, 1.54) is 6.07 Å². The molecule has 0 aliphatic carbocycles. The number of hydrogen-bond donors (Lipinski definition) is 1. The number of halogens is 3. The molecule has 1 fully saturated rings. The van der Waals surface area contributed by atoms with Gasteiger partial charge in [-0.25, -0.2) is 0 Å². The van der Waals surface area contributed by atoms with E-state index < -0.39 is 11.8 Å². The summed E-state index contributed by atoms with van der Waals surface area (Å²) in [6, 6.07) is 17.8. The molecule has 0 unspecified atom stereocenters. The molecule has 4 rings (SSSR count). The van der Waals surface area contributed by atoms with Crippen molar-refractivity contribution in [2.24, 2.45) is 0 Å². The van der Waals surface area contributed by atoms with Crippen LogP contribution in [0.1, 0.15) is 21.5 Å². The third-order valence-corrected chi connectivity index (χ3v) is 7.54. The minimum absolute atomic E-state index is 0.210. The van der Waals surface area contributed by atoms with Crippen LogP contribution < -0.4 is 14.9 Å². The minimum Gasteiger partial charge on any atom is -0.493 e. The lowest BCUT2D eigenvalue weighted by atomic mass is 10.1. The normalized spacial score (nSPS) is 14.3. The summed E-state index contributed by atoms with van der Waals surface area (Å²) in [5, 5.41) is 1.47. The summed E-state index contributed by atoms with van der Waals surface area (Å²) in [6.07, 6.45) is 1.68. The number of amides is 2. The molecule has 0 spiro atoms. The molecule has 1 saturated heterocycles. The number of nitrogens with one attached hydrogen (secondary N) is 1. The lowest BCUT2D eigenvalue weighted by Gasteiger charge is -2.15. The number of carbonyl (C=O) groups excluding carboxylic acids is 2. The topological polar surface area (TPSA) is 67.9 Å². The number of thiocarbonyl (C=S) groups is 1. The molecular weight excluding hydrogens is 652 g/mol. The predicted octanol–water partition coefficient (Wildman–Crippen LogP) is 7.00. The van der Waals surface area contributed by atoms with Crippen molar-refractivity contribution in [3.05, 3.63) is 96.2 Å². The second kappa shape index (κ2) is 11.8. The number of thioether (sulfide) groups is 1. The zero-order valence-corrected chi connectivity index (χ0v) is 24.1. The first-order valence-electron chi connectivity index (χ1n) is 10.3. The van der Waals surface area contributed by atoms with Crippen LogP contribution >= 0.6 is 67.4 Å². The average molecular weight is 669 g/mol. The highest BCUT2D eigenvalue weighted by Crippen LogP contribution is 2.39. The van der Waals surface area contributed by atoms with Crippen molar-refractivity contribution in [1.82, 2.24) is 10.4 Å². The van der Waals surface area contributed by atoms with Gasteiger partial charge in [-0.05, 0) is 87.8 Å². The molecule has 0 atom stereocenters. The Balaban J connectivity index is 1.51. The maximum absolute atomic E-state index is 13.0.